The number of benzene rings is 1. The Hall–Kier alpha value is 0.280. The minimum Gasteiger partial charge on any atom is -0.325 e. The number of fused-ring (bicyclic) bond motifs is 1. The van der Waals surface area contributed by atoms with E-state index in [2.05, 4.69) is 27.0 Å². The van der Waals surface area contributed by atoms with Crippen LogP contribution in [0.15, 0.2) is 22.7 Å². The Bertz CT molecular complexity index is 415. The molecule has 2 rings (SSSR count). The summed E-state index contributed by atoms with van der Waals surface area (Å²) in [6, 6.07) is 6.07. The average molecular weight is 371 g/mol. The van der Waals surface area contributed by atoms with E-state index in [1.807, 2.05) is 12.1 Å². The number of nitrogens with two attached hydrogens (primary N) is 1. The van der Waals surface area contributed by atoms with Crippen LogP contribution in [0, 0.1) is 0 Å². The van der Waals surface area contributed by atoms with Gasteiger partial charge in [0.05, 0.1) is 10.2 Å². The Labute approximate surface area is 106 Å². The van der Waals surface area contributed by atoms with Crippen molar-refractivity contribution < 1.29 is 0 Å². The van der Waals surface area contributed by atoms with Gasteiger partial charge in [0.2, 0.25) is 0 Å². The van der Waals surface area contributed by atoms with Gasteiger partial charge >= 0.3 is 0 Å². The van der Waals surface area contributed by atoms with Crippen LogP contribution in [0.5, 0.6) is 0 Å². The molecule has 0 aliphatic carbocycles. The summed E-state index contributed by atoms with van der Waals surface area (Å²) in [6.45, 7) is 0.525. The van der Waals surface area contributed by atoms with Crippen LogP contribution in [0.4, 0.5) is 0 Å². The fraction of sp³-hybridized carbons (Fsp3) is 0.125. The Morgan fingerprint density at radius 3 is 2.92 bits per heavy atom. The first-order valence-corrected chi connectivity index (χ1v) is 5.15. The van der Waals surface area contributed by atoms with Crippen molar-refractivity contribution >= 4 is 61.5 Å². The first-order chi connectivity index (χ1) is 5.79. The monoisotopic (exact) mass is 370 g/mol. The number of hydrogen-bond acceptors (Lipinski definition) is 3. The largest absolute Gasteiger partial charge is 0.325 e. The smallest absolute Gasteiger partial charge is 0.107 e. The fourth-order valence-corrected chi connectivity index (χ4v) is 2.21. The molecule has 0 atom stereocenters. The first-order valence-electron chi connectivity index (χ1n) is 3.54. The predicted octanol–water partition coefficient (Wildman–Crippen LogP) is 3.14. The van der Waals surface area contributed by atoms with Crippen LogP contribution in [0.1, 0.15) is 5.01 Å². The van der Waals surface area contributed by atoms with E-state index in [0.29, 0.717) is 6.54 Å². The molecule has 0 saturated carbocycles. The Kier molecular flexibility index (Phi) is 4.08. The van der Waals surface area contributed by atoms with Gasteiger partial charge in [0.25, 0.3) is 0 Å². The average Bonchev–Trinajstić information content (AvgIpc) is 2.46. The normalized spacial score (nSPS) is 10.0. The molecule has 1 aromatic heterocycles. The highest BCUT2D eigenvalue weighted by atomic mass is 127. The highest BCUT2D eigenvalue weighted by molar-refractivity contribution is 14.0. The number of hydrogen-bond donors (Lipinski definition) is 1. The van der Waals surface area contributed by atoms with E-state index in [9.17, 15) is 0 Å². The summed E-state index contributed by atoms with van der Waals surface area (Å²) >= 11 is 5.05. The van der Waals surface area contributed by atoms with Crippen molar-refractivity contribution in [2.75, 3.05) is 0 Å². The van der Waals surface area contributed by atoms with E-state index in [1.54, 1.807) is 11.3 Å². The van der Waals surface area contributed by atoms with Gasteiger partial charge in [-0.3, -0.25) is 0 Å². The second-order valence-corrected chi connectivity index (χ2v) is 4.45. The maximum absolute atomic E-state index is 5.49. The number of nitrogens with zero attached hydrogens (tertiary/aromatic N) is 1. The van der Waals surface area contributed by atoms with Gasteiger partial charge in [-0.1, -0.05) is 15.9 Å². The molecule has 0 aliphatic rings. The molecule has 0 amide bonds. The Morgan fingerprint density at radius 2 is 2.23 bits per heavy atom. The summed E-state index contributed by atoms with van der Waals surface area (Å²) in [5.41, 5.74) is 6.51. The maximum Gasteiger partial charge on any atom is 0.107 e. The van der Waals surface area contributed by atoms with E-state index in [1.165, 1.54) is 4.70 Å². The van der Waals surface area contributed by atoms with E-state index in [-0.39, 0.29) is 24.0 Å². The lowest BCUT2D eigenvalue weighted by Gasteiger charge is -1.87. The Morgan fingerprint density at radius 1 is 1.46 bits per heavy atom. The number of aromatic nitrogens is 1. The summed E-state index contributed by atoms with van der Waals surface area (Å²) in [7, 11) is 0. The van der Waals surface area contributed by atoms with Crippen LogP contribution in [0.2, 0.25) is 0 Å². The van der Waals surface area contributed by atoms with Crippen molar-refractivity contribution in [2.24, 2.45) is 5.73 Å². The minimum atomic E-state index is 0. The third-order valence-electron chi connectivity index (χ3n) is 1.57. The summed E-state index contributed by atoms with van der Waals surface area (Å²) in [6.07, 6.45) is 0. The van der Waals surface area contributed by atoms with E-state index in [4.69, 9.17) is 5.73 Å². The molecular weight excluding hydrogens is 363 g/mol. The lowest BCUT2D eigenvalue weighted by molar-refractivity contribution is 1.05. The lowest BCUT2D eigenvalue weighted by atomic mass is 10.3. The molecular formula is C8H8BrIN2S. The maximum atomic E-state index is 5.49. The molecule has 0 aliphatic heterocycles. The van der Waals surface area contributed by atoms with Gasteiger partial charge in [-0.2, -0.15) is 0 Å². The number of rotatable bonds is 1. The fourth-order valence-electron chi connectivity index (χ4n) is 1.04. The van der Waals surface area contributed by atoms with Crippen LogP contribution in [0.25, 0.3) is 10.2 Å². The molecule has 1 heterocycles. The zero-order chi connectivity index (χ0) is 8.55. The van der Waals surface area contributed by atoms with Gasteiger partial charge in [0, 0.05) is 11.0 Å². The molecule has 2 nitrogen and oxygen atoms in total. The highest BCUT2D eigenvalue weighted by Gasteiger charge is 2.01. The Balaban J connectivity index is 0.000000845. The van der Waals surface area contributed by atoms with Crippen molar-refractivity contribution in [3.8, 4) is 0 Å². The van der Waals surface area contributed by atoms with Crippen LogP contribution >= 0.6 is 51.2 Å². The molecule has 2 aromatic rings. The van der Waals surface area contributed by atoms with Crippen molar-refractivity contribution in [3.05, 3.63) is 27.7 Å². The molecule has 0 unspecified atom stereocenters. The van der Waals surface area contributed by atoms with Gasteiger partial charge in [0.1, 0.15) is 5.01 Å². The third-order valence-corrected chi connectivity index (χ3v) is 3.12. The second kappa shape index (κ2) is 4.68. The lowest BCUT2D eigenvalue weighted by Crippen LogP contribution is -1.93. The first kappa shape index (κ1) is 11.4. The number of halogens is 2. The molecule has 13 heavy (non-hydrogen) atoms. The summed E-state index contributed by atoms with van der Waals surface area (Å²) in [5, 5.41) is 0.989. The van der Waals surface area contributed by atoms with Crippen LogP contribution in [-0.4, -0.2) is 4.98 Å². The molecule has 0 fully saturated rings. The summed E-state index contributed by atoms with van der Waals surface area (Å²) in [4.78, 5) is 4.36. The van der Waals surface area contributed by atoms with Gasteiger partial charge < -0.3 is 5.73 Å². The summed E-state index contributed by atoms with van der Waals surface area (Å²) in [5.74, 6) is 0. The highest BCUT2D eigenvalue weighted by Crippen LogP contribution is 2.24. The zero-order valence-corrected chi connectivity index (χ0v) is 11.4. The van der Waals surface area contributed by atoms with Crippen molar-refractivity contribution in [1.82, 2.24) is 4.98 Å². The third kappa shape index (κ3) is 2.39. The van der Waals surface area contributed by atoms with Gasteiger partial charge in [-0.05, 0) is 18.2 Å². The van der Waals surface area contributed by atoms with Crippen LogP contribution in [0.3, 0.4) is 0 Å². The molecule has 0 saturated heterocycles. The van der Waals surface area contributed by atoms with Crippen molar-refractivity contribution in [2.45, 2.75) is 6.54 Å². The van der Waals surface area contributed by atoms with E-state index in [0.717, 1.165) is 15.0 Å². The van der Waals surface area contributed by atoms with Gasteiger partial charge in [0.15, 0.2) is 0 Å². The minimum absolute atomic E-state index is 0. The SMILES string of the molecule is I.NCc1nc2cc(Br)ccc2s1. The molecule has 70 valence electrons. The predicted molar refractivity (Wildman–Crippen MR) is 70.6 cm³/mol. The van der Waals surface area contributed by atoms with E-state index >= 15 is 0 Å². The molecule has 0 spiro atoms. The molecule has 0 bridgehead atoms. The quantitative estimate of drug-likeness (QED) is 0.783. The van der Waals surface area contributed by atoms with Crippen molar-refractivity contribution in [1.29, 1.82) is 0 Å². The summed E-state index contributed by atoms with van der Waals surface area (Å²) < 4.78 is 2.25. The zero-order valence-electron chi connectivity index (χ0n) is 6.66. The van der Waals surface area contributed by atoms with Gasteiger partial charge in [-0.15, -0.1) is 35.3 Å². The van der Waals surface area contributed by atoms with Crippen molar-refractivity contribution in [3.63, 3.8) is 0 Å². The molecule has 1 aromatic carbocycles. The van der Waals surface area contributed by atoms with Gasteiger partial charge in [-0.25, -0.2) is 4.98 Å². The second-order valence-electron chi connectivity index (χ2n) is 2.42. The molecule has 0 radical (unpaired) electrons. The molecule has 2 N–H and O–H groups in total. The number of thiazole rings is 1. The van der Waals surface area contributed by atoms with Crippen LogP contribution in [-0.2, 0) is 6.54 Å². The van der Waals surface area contributed by atoms with Crippen LogP contribution < -0.4 is 5.73 Å². The topological polar surface area (TPSA) is 38.9 Å². The van der Waals surface area contributed by atoms with E-state index < -0.39 is 0 Å². The molecule has 5 heteroatoms. The standard InChI is InChI=1S/C8H7BrN2S.HI/c9-5-1-2-7-6(3-5)11-8(4-10)12-7;/h1-3H,4,10H2;1H.